The molecule has 0 spiro atoms. The number of fused-ring (bicyclic) bond motifs is 1. The maximum absolute atomic E-state index is 10.4. The first-order chi connectivity index (χ1) is 5.90. The van der Waals surface area contributed by atoms with Crippen LogP contribution in [0.15, 0.2) is 36.4 Å². The first-order valence-electron chi connectivity index (χ1n) is 3.76. The van der Waals surface area contributed by atoms with Crippen LogP contribution in [-0.4, -0.2) is 6.29 Å². The van der Waals surface area contributed by atoms with Crippen molar-refractivity contribution in [1.82, 2.24) is 0 Å². The van der Waals surface area contributed by atoms with Crippen LogP contribution >= 0.6 is 0 Å². The Kier molecular flexibility index (Phi) is 5.82. The molecule has 2 aromatic carbocycles. The summed E-state index contributed by atoms with van der Waals surface area (Å²) in [6.45, 7) is 0. The van der Waals surface area contributed by atoms with Gasteiger partial charge in [-0.1, -0.05) is 29.7 Å². The zero-order chi connectivity index (χ0) is 8.39. The van der Waals surface area contributed by atoms with Crippen molar-refractivity contribution >= 4 is 17.1 Å². The molecule has 0 aliphatic rings. The maximum Gasteiger partial charge on any atom is 0.0655 e. The van der Waals surface area contributed by atoms with E-state index in [1.165, 1.54) is 0 Å². The molecule has 0 heterocycles. The van der Waals surface area contributed by atoms with Gasteiger partial charge in [0.05, 0.1) is 6.29 Å². The maximum atomic E-state index is 10.4. The third kappa shape index (κ3) is 2.73. The second kappa shape index (κ2) is 6.05. The average molecular weight is 259 g/mol. The van der Waals surface area contributed by atoms with Gasteiger partial charge >= 0.3 is 0 Å². The monoisotopic (exact) mass is 259 g/mol. The van der Waals surface area contributed by atoms with E-state index in [1.807, 2.05) is 36.4 Å². The molecule has 0 saturated heterocycles. The van der Waals surface area contributed by atoms with Gasteiger partial charge in [-0.05, 0) is 0 Å². The summed E-state index contributed by atoms with van der Waals surface area (Å²) >= 11 is 0. The molecular formula is C12H10OY-2. The van der Waals surface area contributed by atoms with Crippen LogP contribution in [-0.2, 0) is 32.7 Å². The summed E-state index contributed by atoms with van der Waals surface area (Å²) < 4.78 is 0. The molecule has 2 heteroatoms. The Labute approximate surface area is 109 Å². The van der Waals surface area contributed by atoms with Crippen LogP contribution in [0.1, 0.15) is 10.4 Å². The van der Waals surface area contributed by atoms with Crippen molar-refractivity contribution in [2.75, 3.05) is 0 Å². The molecule has 0 fully saturated rings. The van der Waals surface area contributed by atoms with E-state index in [9.17, 15) is 4.79 Å². The number of rotatable bonds is 1. The van der Waals surface area contributed by atoms with E-state index in [2.05, 4.69) is 6.07 Å². The van der Waals surface area contributed by atoms with Crippen LogP contribution in [0.2, 0.25) is 0 Å². The third-order valence-corrected chi connectivity index (χ3v) is 1.83. The van der Waals surface area contributed by atoms with Crippen LogP contribution in [0.3, 0.4) is 0 Å². The summed E-state index contributed by atoms with van der Waals surface area (Å²) in [5.41, 5.74) is 0.605. The van der Waals surface area contributed by atoms with E-state index in [-0.39, 0.29) is 40.1 Å². The summed E-state index contributed by atoms with van der Waals surface area (Å²) in [6, 6.07) is 14.5. The summed E-state index contributed by atoms with van der Waals surface area (Å²) in [5.74, 6) is 0. The van der Waals surface area contributed by atoms with Gasteiger partial charge in [-0.3, -0.25) is 0 Å². The molecule has 2 rings (SSSR count). The summed E-state index contributed by atoms with van der Waals surface area (Å²) in [4.78, 5) is 10.4. The molecule has 0 atom stereocenters. The second-order valence-corrected chi connectivity index (χ2v) is 2.64. The van der Waals surface area contributed by atoms with Crippen LogP contribution in [0.25, 0.3) is 10.8 Å². The molecule has 0 saturated carbocycles. The van der Waals surface area contributed by atoms with Gasteiger partial charge in [0.2, 0.25) is 0 Å². The first kappa shape index (κ1) is 13.5. The van der Waals surface area contributed by atoms with Crippen molar-refractivity contribution < 1.29 is 37.5 Å². The molecule has 0 amide bonds. The summed E-state index contributed by atoms with van der Waals surface area (Å²) in [5, 5.41) is 2.20. The molecule has 69 valence electrons. The van der Waals surface area contributed by atoms with Gasteiger partial charge in [0.15, 0.2) is 0 Å². The van der Waals surface area contributed by atoms with Gasteiger partial charge in [-0.15, -0.1) is 29.1 Å². The predicted molar refractivity (Wildman–Crippen MR) is 54.6 cm³/mol. The molecule has 2 aromatic rings. The fraction of sp³-hybridized carbons (Fsp3) is 0. The minimum Gasteiger partial charge on any atom is -0.358 e. The van der Waals surface area contributed by atoms with Gasteiger partial charge in [0, 0.05) is 32.7 Å². The smallest absolute Gasteiger partial charge is 0.0655 e. The zero-order valence-electron chi connectivity index (χ0n) is 8.03. The summed E-state index contributed by atoms with van der Waals surface area (Å²) in [7, 11) is 0. The van der Waals surface area contributed by atoms with Crippen molar-refractivity contribution in [2.45, 2.75) is 0 Å². The van der Waals surface area contributed by atoms with Crippen LogP contribution in [0.5, 0.6) is 0 Å². The predicted octanol–water partition coefficient (Wildman–Crippen LogP) is 2.90. The number of benzene rings is 2. The Bertz CT molecular complexity index is 423. The molecule has 14 heavy (non-hydrogen) atoms. The fourth-order valence-electron chi connectivity index (χ4n) is 1.21. The molecule has 0 bridgehead atoms. The van der Waals surface area contributed by atoms with E-state index in [1.54, 1.807) is 0 Å². The largest absolute Gasteiger partial charge is 0.358 e. The van der Waals surface area contributed by atoms with E-state index in [0.29, 0.717) is 5.56 Å². The Morgan fingerprint density at radius 3 is 2.43 bits per heavy atom. The molecule has 1 radical (unpaired) electrons. The van der Waals surface area contributed by atoms with Crippen LogP contribution in [0, 0.1) is 13.5 Å². The average Bonchev–Trinajstić information content (AvgIpc) is 2.17. The van der Waals surface area contributed by atoms with Gasteiger partial charge in [0.25, 0.3) is 0 Å². The van der Waals surface area contributed by atoms with Gasteiger partial charge in [-0.2, -0.15) is 0 Å². The molecule has 0 aliphatic carbocycles. The SMILES string of the molecule is O=Cc1[c-]cc2ccccc2c1.[CH3-].[Y]. The molecular weight excluding hydrogens is 249 g/mol. The Balaban J connectivity index is 0.000000845. The number of hydrogen-bond acceptors (Lipinski definition) is 1. The van der Waals surface area contributed by atoms with E-state index in [0.717, 1.165) is 17.1 Å². The molecule has 0 aliphatic heterocycles. The van der Waals surface area contributed by atoms with Crippen molar-refractivity contribution in [3.63, 3.8) is 0 Å². The second-order valence-electron chi connectivity index (χ2n) is 2.64. The molecule has 0 unspecified atom stereocenters. The molecule has 0 aromatic heterocycles. The standard InChI is InChI=1S/C11H7O.CH3.Y/c12-8-9-5-6-10-3-1-2-4-11(10)7-9;;/h1-4,6-8H;1H3;/q2*-1;. The molecule has 1 nitrogen and oxygen atoms in total. The normalized spacial score (nSPS) is 8.57. The number of carbonyl (C=O) groups excluding carboxylic acids is 1. The van der Waals surface area contributed by atoms with Crippen molar-refractivity contribution in [3.05, 3.63) is 55.5 Å². The summed E-state index contributed by atoms with van der Waals surface area (Å²) in [6.07, 6.45) is 0.812. The Hall–Kier alpha value is -0.526. The van der Waals surface area contributed by atoms with Crippen LogP contribution < -0.4 is 0 Å². The van der Waals surface area contributed by atoms with Crippen molar-refractivity contribution in [1.29, 1.82) is 0 Å². The van der Waals surface area contributed by atoms with E-state index < -0.39 is 0 Å². The van der Waals surface area contributed by atoms with Gasteiger partial charge in [-0.25, -0.2) is 0 Å². The van der Waals surface area contributed by atoms with Crippen LogP contribution in [0.4, 0.5) is 0 Å². The third-order valence-electron chi connectivity index (χ3n) is 1.83. The Morgan fingerprint density at radius 1 is 1.14 bits per heavy atom. The van der Waals surface area contributed by atoms with Gasteiger partial charge in [0.1, 0.15) is 0 Å². The zero-order valence-corrected chi connectivity index (χ0v) is 10.9. The number of hydrogen-bond donors (Lipinski definition) is 0. The van der Waals surface area contributed by atoms with Gasteiger partial charge < -0.3 is 12.2 Å². The Morgan fingerprint density at radius 2 is 1.79 bits per heavy atom. The molecule has 0 N–H and O–H groups in total. The van der Waals surface area contributed by atoms with E-state index >= 15 is 0 Å². The topological polar surface area (TPSA) is 17.1 Å². The minimum absolute atomic E-state index is 0. The number of aldehydes is 1. The minimum atomic E-state index is 0. The van der Waals surface area contributed by atoms with E-state index in [4.69, 9.17) is 0 Å². The fourth-order valence-corrected chi connectivity index (χ4v) is 1.21. The first-order valence-corrected chi connectivity index (χ1v) is 3.76. The van der Waals surface area contributed by atoms with Crippen molar-refractivity contribution in [2.24, 2.45) is 0 Å². The van der Waals surface area contributed by atoms with Crippen molar-refractivity contribution in [3.8, 4) is 0 Å². The number of carbonyl (C=O) groups is 1. The quantitative estimate of drug-likeness (QED) is 0.568.